The van der Waals surface area contributed by atoms with Crippen LogP contribution in [0.3, 0.4) is 0 Å². The van der Waals surface area contributed by atoms with Crippen molar-refractivity contribution < 1.29 is 33.6 Å². The van der Waals surface area contributed by atoms with Gasteiger partial charge in [0.05, 0.1) is 0 Å². The molecule has 0 heterocycles. The molecule has 0 bridgehead atoms. The van der Waals surface area contributed by atoms with E-state index >= 15 is 0 Å². The molecule has 9 nitrogen and oxygen atoms in total. The fourth-order valence-electron chi connectivity index (χ4n) is 1.41. The molecule has 0 aromatic carbocycles. The molecule has 0 aromatic heterocycles. The number of nitrogens with two attached hydrogens (primary N) is 1. The van der Waals surface area contributed by atoms with E-state index in [0.717, 1.165) is 6.92 Å². The maximum atomic E-state index is 11.8. The van der Waals surface area contributed by atoms with Crippen LogP contribution in [0.15, 0.2) is 0 Å². The Bertz CT molecular complexity index is 426. The quantitative estimate of drug-likeness (QED) is 0.454. The van der Waals surface area contributed by atoms with Crippen molar-refractivity contribution in [2.24, 2.45) is 5.73 Å². The lowest BCUT2D eigenvalue weighted by molar-refractivity contribution is -0.156. The number of amides is 2. The van der Waals surface area contributed by atoms with Crippen molar-refractivity contribution in [1.82, 2.24) is 4.90 Å². The summed E-state index contributed by atoms with van der Waals surface area (Å²) >= 11 is -0.0653. The van der Waals surface area contributed by atoms with Gasteiger partial charge in [0.1, 0.15) is 6.04 Å². The van der Waals surface area contributed by atoms with Gasteiger partial charge in [0.2, 0.25) is 11.8 Å². The Morgan fingerprint density at radius 2 is 1.75 bits per heavy atom. The molecule has 4 N–H and O–H groups in total. The largest absolute Gasteiger partial charge is 0.480 e. The van der Waals surface area contributed by atoms with Crippen molar-refractivity contribution in [3.8, 4) is 0 Å². The van der Waals surface area contributed by atoms with Gasteiger partial charge < -0.3 is 15.9 Å². The van der Waals surface area contributed by atoms with Crippen LogP contribution < -0.4 is 5.73 Å². The smallest absolute Gasteiger partial charge is 0.461 e. The molecule has 0 unspecified atom stereocenters. The van der Waals surface area contributed by atoms with Crippen LogP contribution >= 0.6 is 0 Å². The van der Waals surface area contributed by atoms with Crippen LogP contribution in [0.2, 0.25) is 0 Å². The minimum absolute atomic E-state index is 0.0653. The average molecular weight is 307 g/mol. The number of hydrogen-bond acceptors (Lipinski definition) is 6. The van der Waals surface area contributed by atoms with Gasteiger partial charge in [0.15, 0.2) is 6.04 Å². The van der Waals surface area contributed by atoms with Crippen LogP contribution in [0, 0.1) is 0 Å². The first-order valence-electron chi connectivity index (χ1n) is 5.51. The monoisotopic (exact) mass is 307 g/mol. The lowest BCUT2D eigenvalue weighted by Gasteiger charge is -2.22. The van der Waals surface area contributed by atoms with E-state index in [4.69, 9.17) is 15.9 Å². The number of nitrogens with zero attached hydrogens (tertiary/aromatic N) is 1. The van der Waals surface area contributed by atoms with Crippen molar-refractivity contribution in [2.45, 2.75) is 31.8 Å². The second-order valence-electron chi connectivity index (χ2n) is 3.90. The highest BCUT2D eigenvalue weighted by Crippen LogP contribution is 2.07. The lowest BCUT2D eigenvalue weighted by atomic mass is 10.1. The third kappa shape index (κ3) is 5.36. The number of hydrogen-bond donors (Lipinski definition) is 3. The third-order valence-corrected chi connectivity index (χ3v) is 2.87. The van der Waals surface area contributed by atoms with Crippen LogP contribution in [-0.4, -0.2) is 56.7 Å². The molecule has 10 heteroatoms. The van der Waals surface area contributed by atoms with E-state index in [9.17, 15) is 23.4 Å². The summed E-state index contributed by atoms with van der Waals surface area (Å²) in [5, 5.41) is 17.5. The Balaban J connectivity index is 4.94. The van der Waals surface area contributed by atoms with Gasteiger partial charge in [-0.25, -0.2) is 4.79 Å². The minimum atomic E-state index is -1.58. The average Bonchev–Trinajstić information content (AvgIpc) is 2.34. The first-order chi connectivity index (χ1) is 9.22. The fraction of sp³-hybridized carbons (Fsp3) is 0.600. The van der Waals surface area contributed by atoms with Gasteiger partial charge >= 0.3 is 23.6 Å². The molecule has 0 aliphatic heterocycles. The van der Waals surface area contributed by atoms with Crippen LogP contribution in [0.4, 0.5) is 0 Å². The third-order valence-electron chi connectivity index (χ3n) is 2.42. The summed E-state index contributed by atoms with van der Waals surface area (Å²) in [6.45, 7) is 0.987. The second kappa shape index (κ2) is 8.27. The Morgan fingerprint density at radius 1 is 1.20 bits per heavy atom. The summed E-state index contributed by atoms with van der Waals surface area (Å²) in [7, 11) is 0. The molecule has 0 aliphatic carbocycles. The highest BCUT2D eigenvalue weighted by atomic mass is 32.1. The maximum absolute atomic E-state index is 11.8. The summed E-state index contributed by atoms with van der Waals surface area (Å²) < 4.78 is 10.5. The molecular formula is C10H15N2O7S+. The number of aliphatic carboxylic acids is 2. The van der Waals surface area contributed by atoms with Gasteiger partial charge in [-0.2, -0.15) is 0 Å². The highest BCUT2D eigenvalue weighted by Gasteiger charge is 2.37. The first-order valence-corrected chi connectivity index (χ1v) is 6.42. The van der Waals surface area contributed by atoms with Gasteiger partial charge in [-0.15, -0.1) is 0 Å². The molecule has 0 rings (SSSR count). The van der Waals surface area contributed by atoms with Gasteiger partial charge in [0, 0.05) is 17.6 Å². The Morgan fingerprint density at radius 3 is 2.10 bits per heavy atom. The van der Waals surface area contributed by atoms with Crippen molar-refractivity contribution in [3.63, 3.8) is 0 Å². The van der Waals surface area contributed by atoms with Gasteiger partial charge in [-0.1, -0.05) is 0 Å². The molecule has 2 atom stereocenters. The van der Waals surface area contributed by atoms with Crippen molar-refractivity contribution in [2.75, 3.05) is 5.75 Å². The van der Waals surface area contributed by atoms with Gasteiger partial charge in [-0.3, -0.25) is 19.3 Å². The van der Waals surface area contributed by atoms with Crippen molar-refractivity contribution >= 4 is 35.4 Å². The first kappa shape index (κ1) is 18.1. The Hall–Kier alpha value is -1.94. The molecule has 0 aromatic rings. The zero-order valence-electron chi connectivity index (χ0n) is 10.6. The fourth-order valence-corrected chi connectivity index (χ4v) is 1.83. The summed E-state index contributed by atoms with van der Waals surface area (Å²) in [5.74, 6) is -5.00. The molecule has 112 valence electrons. The van der Waals surface area contributed by atoms with E-state index in [1.807, 2.05) is 0 Å². The van der Waals surface area contributed by atoms with Crippen molar-refractivity contribution in [1.29, 1.82) is 0 Å². The van der Waals surface area contributed by atoms with E-state index < -0.39 is 48.0 Å². The number of carboxylic acids is 2. The minimum Gasteiger partial charge on any atom is -0.480 e. The number of imide groups is 1. The molecule has 0 radical (unpaired) electrons. The predicted octanol–water partition coefficient (Wildman–Crippen LogP) is -1.57. The maximum Gasteiger partial charge on any atom is 0.461 e. The normalized spacial score (nSPS) is 13.1. The van der Waals surface area contributed by atoms with E-state index in [-0.39, 0.29) is 18.1 Å². The standard InChI is InChI=1S/C10H14N2O7S/c1-5(13)12(7(4-20-19)10(17)18)8(14)3-2-6(11)9(15)16/h6-7H,2-4,11H2,1H3,(H-,15,16,17,18)/p+1/t6-,7-/m0/s1. The number of carbonyl (C=O) groups excluding carboxylic acids is 2. The zero-order chi connectivity index (χ0) is 15.9. The van der Waals surface area contributed by atoms with Crippen LogP contribution in [0.5, 0.6) is 0 Å². The van der Waals surface area contributed by atoms with Crippen LogP contribution in [0.1, 0.15) is 19.8 Å². The number of carboxylic acid groups (broad SMARTS) is 2. The second-order valence-corrected chi connectivity index (χ2v) is 4.47. The molecule has 20 heavy (non-hydrogen) atoms. The molecule has 0 aliphatic rings. The summed E-state index contributed by atoms with van der Waals surface area (Å²) in [6, 6.07) is -2.87. The van der Waals surface area contributed by atoms with E-state index in [0.29, 0.717) is 4.90 Å². The summed E-state index contributed by atoms with van der Waals surface area (Å²) in [6.07, 6.45) is -0.644. The van der Waals surface area contributed by atoms with Gasteiger partial charge in [0.25, 0.3) is 5.75 Å². The van der Waals surface area contributed by atoms with Crippen LogP contribution in [0.25, 0.3) is 0 Å². The molecule has 0 saturated heterocycles. The van der Waals surface area contributed by atoms with E-state index in [1.54, 1.807) is 0 Å². The molecular weight excluding hydrogens is 292 g/mol. The van der Waals surface area contributed by atoms with E-state index in [1.165, 1.54) is 0 Å². The lowest BCUT2D eigenvalue weighted by Crippen LogP contribution is -2.50. The van der Waals surface area contributed by atoms with E-state index in [2.05, 4.69) is 0 Å². The van der Waals surface area contributed by atoms with Crippen molar-refractivity contribution in [3.05, 3.63) is 0 Å². The highest BCUT2D eigenvalue weighted by molar-refractivity contribution is 7.65. The molecule has 0 spiro atoms. The topological polar surface area (TPSA) is 155 Å². The van der Waals surface area contributed by atoms with Crippen LogP contribution in [-0.2, 0) is 35.1 Å². The molecule has 0 fully saturated rings. The Kier molecular flexibility index (Phi) is 7.47. The SMILES string of the molecule is CC(=O)N(C(=O)CC[C@H](N)C(=O)O)[C@@H](C[S+]=O)C(=O)O. The predicted molar refractivity (Wildman–Crippen MR) is 66.7 cm³/mol. The summed E-state index contributed by atoms with van der Waals surface area (Å²) in [5.41, 5.74) is 5.21. The number of carbonyl (C=O) groups is 4. The summed E-state index contributed by atoms with van der Waals surface area (Å²) in [4.78, 5) is 45.1. The zero-order valence-corrected chi connectivity index (χ0v) is 11.5. The Labute approximate surface area is 118 Å². The molecule has 0 saturated carbocycles. The number of rotatable bonds is 8. The molecule has 2 amide bonds. The van der Waals surface area contributed by atoms with Gasteiger partial charge in [-0.05, 0) is 6.42 Å².